The topological polar surface area (TPSA) is 55.4 Å². The van der Waals surface area contributed by atoms with Crippen molar-refractivity contribution in [3.05, 3.63) is 0 Å². The number of methoxy groups -OCH3 is 1. The van der Waals surface area contributed by atoms with Gasteiger partial charge in [-0.2, -0.15) is 0 Å². The highest BCUT2D eigenvalue weighted by atomic mass is 16.5. The molecule has 0 unspecified atom stereocenters. The Hall–Kier alpha value is -1.06. The molecular formula is C8H15NO3. The van der Waals surface area contributed by atoms with E-state index < -0.39 is 0 Å². The minimum atomic E-state index is -0.306. The van der Waals surface area contributed by atoms with Crippen molar-refractivity contribution < 1.29 is 14.3 Å². The molecule has 4 heteroatoms. The summed E-state index contributed by atoms with van der Waals surface area (Å²) >= 11 is 0. The SMILES string of the molecule is COC(=O)CCNC(=O)C(C)C. The van der Waals surface area contributed by atoms with E-state index in [2.05, 4.69) is 10.1 Å². The summed E-state index contributed by atoms with van der Waals surface area (Å²) in [4.78, 5) is 21.5. The van der Waals surface area contributed by atoms with E-state index in [9.17, 15) is 9.59 Å². The van der Waals surface area contributed by atoms with Crippen molar-refractivity contribution >= 4 is 11.9 Å². The van der Waals surface area contributed by atoms with Crippen molar-refractivity contribution in [1.82, 2.24) is 5.32 Å². The van der Waals surface area contributed by atoms with Crippen molar-refractivity contribution in [2.24, 2.45) is 5.92 Å². The summed E-state index contributed by atoms with van der Waals surface area (Å²) in [5, 5.41) is 2.61. The summed E-state index contributed by atoms with van der Waals surface area (Å²) in [6, 6.07) is 0. The first-order chi connectivity index (χ1) is 5.57. The fourth-order valence-electron chi connectivity index (χ4n) is 0.594. The summed E-state index contributed by atoms with van der Waals surface area (Å²) in [5.74, 6) is -0.388. The fraction of sp³-hybridized carbons (Fsp3) is 0.750. The Balaban J connectivity index is 3.44. The zero-order chi connectivity index (χ0) is 9.56. The first kappa shape index (κ1) is 10.9. The molecule has 0 aromatic heterocycles. The van der Waals surface area contributed by atoms with Crippen LogP contribution in [0.25, 0.3) is 0 Å². The number of esters is 1. The Morgan fingerprint density at radius 3 is 2.42 bits per heavy atom. The molecule has 1 amide bonds. The second kappa shape index (κ2) is 5.57. The van der Waals surface area contributed by atoms with Crippen LogP contribution in [0.1, 0.15) is 20.3 Å². The van der Waals surface area contributed by atoms with Gasteiger partial charge in [0.05, 0.1) is 13.5 Å². The van der Waals surface area contributed by atoms with E-state index in [0.717, 1.165) is 0 Å². The monoisotopic (exact) mass is 173 g/mol. The predicted molar refractivity (Wildman–Crippen MR) is 44.5 cm³/mol. The molecule has 4 nitrogen and oxygen atoms in total. The van der Waals surface area contributed by atoms with E-state index in [0.29, 0.717) is 6.54 Å². The maximum absolute atomic E-state index is 10.9. The highest BCUT2D eigenvalue weighted by Crippen LogP contribution is 1.90. The Labute approximate surface area is 72.3 Å². The summed E-state index contributed by atoms with van der Waals surface area (Å²) in [7, 11) is 1.33. The minimum absolute atomic E-state index is 0.0392. The minimum Gasteiger partial charge on any atom is -0.469 e. The summed E-state index contributed by atoms with van der Waals surface area (Å²) in [6.45, 7) is 3.95. The molecule has 0 aliphatic heterocycles. The number of carbonyl (C=O) groups excluding carboxylic acids is 2. The van der Waals surface area contributed by atoms with Crippen LogP contribution in [-0.2, 0) is 14.3 Å². The quantitative estimate of drug-likeness (QED) is 0.623. The van der Waals surface area contributed by atoms with Gasteiger partial charge in [0.1, 0.15) is 0 Å². The molecule has 0 radical (unpaired) electrons. The number of hydrogen-bond acceptors (Lipinski definition) is 3. The van der Waals surface area contributed by atoms with Crippen LogP contribution in [0.2, 0.25) is 0 Å². The van der Waals surface area contributed by atoms with Crippen LogP contribution in [0.4, 0.5) is 0 Å². The standard InChI is InChI=1S/C8H15NO3/c1-6(2)8(11)9-5-4-7(10)12-3/h6H,4-5H2,1-3H3,(H,9,11). The molecule has 1 N–H and O–H groups in total. The molecule has 0 aromatic rings. The third kappa shape index (κ3) is 4.71. The van der Waals surface area contributed by atoms with Crippen LogP contribution in [-0.4, -0.2) is 25.5 Å². The van der Waals surface area contributed by atoms with Crippen molar-refractivity contribution in [3.63, 3.8) is 0 Å². The van der Waals surface area contributed by atoms with Crippen LogP contribution in [0, 0.1) is 5.92 Å². The van der Waals surface area contributed by atoms with E-state index in [-0.39, 0.29) is 24.2 Å². The molecule has 0 bridgehead atoms. The lowest BCUT2D eigenvalue weighted by Crippen LogP contribution is -2.29. The first-order valence-electron chi connectivity index (χ1n) is 3.92. The molecule has 0 spiro atoms. The molecule has 12 heavy (non-hydrogen) atoms. The van der Waals surface area contributed by atoms with Crippen molar-refractivity contribution in [2.75, 3.05) is 13.7 Å². The molecular weight excluding hydrogens is 158 g/mol. The van der Waals surface area contributed by atoms with Gasteiger partial charge in [-0.05, 0) is 0 Å². The van der Waals surface area contributed by atoms with Crippen molar-refractivity contribution in [1.29, 1.82) is 0 Å². The number of amides is 1. The van der Waals surface area contributed by atoms with Gasteiger partial charge in [0.25, 0.3) is 0 Å². The van der Waals surface area contributed by atoms with Crippen LogP contribution >= 0.6 is 0 Å². The number of nitrogens with one attached hydrogen (secondary N) is 1. The molecule has 70 valence electrons. The Morgan fingerprint density at radius 2 is 2.00 bits per heavy atom. The second-order valence-corrected chi connectivity index (χ2v) is 2.77. The summed E-state index contributed by atoms with van der Waals surface area (Å²) in [6.07, 6.45) is 0.231. The van der Waals surface area contributed by atoms with Gasteiger partial charge >= 0.3 is 5.97 Å². The molecule has 0 aliphatic rings. The normalized spacial score (nSPS) is 9.67. The van der Waals surface area contributed by atoms with Gasteiger partial charge < -0.3 is 10.1 Å². The molecule has 0 heterocycles. The molecule has 0 aliphatic carbocycles. The Morgan fingerprint density at radius 1 is 1.42 bits per heavy atom. The molecule has 0 aromatic carbocycles. The lowest BCUT2D eigenvalue weighted by Gasteiger charge is -2.05. The van der Waals surface area contributed by atoms with Gasteiger partial charge in [-0.3, -0.25) is 9.59 Å². The van der Waals surface area contributed by atoms with E-state index in [1.165, 1.54) is 7.11 Å². The van der Waals surface area contributed by atoms with Gasteiger partial charge in [0, 0.05) is 12.5 Å². The summed E-state index contributed by atoms with van der Waals surface area (Å²) in [5.41, 5.74) is 0. The third-order valence-corrected chi connectivity index (χ3v) is 1.38. The van der Waals surface area contributed by atoms with Gasteiger partial charge in [0.2, 0.25) is 5.91 Å². The highest BCUT2D eigenvalue weighted by molar-refractivity contribution is 5.78. The number of hydrogen-bond donors (Lipinski definition) is 1. The van der Waals surface area contributed by atoms with Crippen LogP contribution in [0.15, 0.2) is 0 Å². The van der Waals surface area contributed by atoms with E-state index >= 15 is 0 Å². The average Bonchev–Trinajstić information content (AvgIpc) is 2.03. The number of rotatable bonds is 4. The number of carbonyl (C=O) groups is 2. The smallest absolute Gasteiger partial charge is 0.307 e. The van der Waals surface area contributed by atoms with Crippen LogP contribution in [0.3, 0.4) is 0 Å². The predicted octanol–water partition coefficient (Wildman–Crippen LogP) is 0.322. The molecule has 0 fully saturated rings. The molecule has 0 atom stereocenters. The van der Waals surface area contributed by atoms with Gasteiger partial charge in [0.15, 0.2) is 0 Å². The molecule has 0 saturated heterocycles. The van der Waals surface area contributed by atoms with Crippen molar-refractivity contribution in [3.8, 4) is 0 Å². The highest BCUT2D eigenvalue weighted by Gasteiger charge is 2.06. The van der Waals surface area contributed by atoms with Crippen molar-refractivity contribution in [2.45, 2.75) is 20.3 Å². The van der Waals surface area contributed by atoms with Gasteiger partial charge in [-0.25, -0.2) is 0 Å². The lowest BCUT2D eigenvalue weighted by atomic mass is 10.2. The lowest BCUT2D eigenvalue weighted by molar-refractivity contribution is -0.140. The zero-order valence-electron chi connectivity index (χ0n) is 7.72. The van der Waals surface area contributed by atoms with Gasteiger partial charge in [-0.15, -0.1) is 0 Å². The maximum atomic E-state index is 10.9. The first-order valence-corrected chi connectivity index (χ1v) is 3.92. The molecule has 0 saturated carbocycles. The van der Waals surface area contributed by atoms with Crippen LogP contribution < -0.4 is 5.32 Å². The Bertz CT molecular complexity index is 166. The average molecular weight is 173 g/mol. The second-order valence-electron chi connectivity index (χ2n) is 2.77. The zero-order valence-corrected chi connectivity index (χ0v) is 7.72. The largest absolute Gasteiger partial charge is 0.469 e. The van der Waals surface area contributed by atoms with E-state index in [4.69, 9.17) is 0 Å². The van der Waals surface area contributed by atoms with E-state index in [1.807, 2.05) is 0 Å². The summed E-state index contributed by atoms with van der Waals surface area (Å²) < 4.78 is 4.40. The third-order valence-electron chi connectivity index (χ3n) is 1.38. The Kier molecular flexibility index (Phi) is 5.08. The van der Waals surface area contributed by atoms with Crippen LogP contribution in [0.5, 0.6) is 0 Å². The number of ether oxygens (including phenoxy) is 1. The van der Waals surface area contributed by atoms with E-state index in [1.54, 1.807) is 13.8 Å². The van der Waals surface area contributed by atoms with Gasteiger partial charge in [-0.1, -0.05) is 13.8 Å². The maximum Gasteiger partial charge on any atom is 0.307 e. The molecule has 0 rings (SSSR count). The fourth-order valence-corrected chi connectivity index (χ4v) is 0.594.